The normalized spacial score (nSPS) is 19.1. The Hall–Kier alpha value is -1.84. The summed E-state index contributed by atoms with van der Waals surface area (Å²) in [5.41, 5.74) is 2.04. The summed E-state index contributed by atoms with van der Waals surface area (Å²) in [6.07, 6.45) is 1.01. The number of aliphatic imine (C=N–C) groups is 2. The third kappa shape index (κ3) is 2.16. The molecule has 3 rings (SSSR count). The highest BCUT2D eigenvalue weighted by Gasteiger charge is 2.12. The third-order valence-electron chi connectivity index (χ3n) is 2.76. The van der Waals surface area contributed by atoms with Crippen LogP contribution in [0.3, 0.4) is 0 Å². The Kier molecular flexibility index (Phi) is 2.78. The summed E-state index contributed by atoms with van der Waals surface area (Å²) in [6, 6.07) is 8.01. The maximum absolute atomic E-state index is 5.52. The molecule has 1 aromatic rings. The van der Waals surface area contributed by atoms with Crippen LogP contribution in [-0.2, 0) is 9.47 Å². The van der Waals surface area contributed by atoms with Gasteiger partial charge in [0.15, 0.2) is 0 Å². The van der Waals surface area contributed by atoms with Crippen molar-refractivity contribution in [2.75, 3.05) is 26.3 Å². The Bertz CT molecular complexity index is 463. The second kappa shape index (κ2) is 4.57. The van der Waals surface area contributed by atoms with Gasteiger partial charge >= 0.3 is 0 Å². The molecule has 17 heavy (non-hydrogen) atoms. The molecule has 0 saturated carbocycles. The molecule has 0 N–H and O–H groups in total. The van der Waals surface area contributed by atoms with E-state index in [1.165, 1.54) is 0 Å². The summed E-state index contributed by atoms with van der Waals surface area (Å²) in [4.78, 5) is 8.64. The Labute approximate surface area is 100.0 Å². The predicted octanol–water partition coefficient (Wildman–Crippen LogP) is 1.63. The maximum Gasteiger partial charge on any atom is 0.216 e. The summed E-state index contributed by atoms with van der Waals surface area (Å²) in [5, 5.41) is 0. The highest BCUT2D eigenvalue weighted by molar-refractivity contribution is 5.98. The summed E-state index contributed by atoms with van der Waals surface area (Å²) < 4.78 is 10.9. The standard InChI is InChI=1S/C13H14N2O2/c1-6-14-12(16-8-1)10-2-4-11(5-3-10)13-15-7-9-17-13/h2-5H,1,6-9H2. The van der Waals surface area contributed by atoms with Crippen molar-refractivity contribution in [2.24, 2.45) is 9.98 Å². The fraction of sp³-hybridized carbons (Fsp3) is 0.385. The molecule has 4 nitrogen and oxygen atoms in total. The molecule has 2 aliphatic rings. The lowest BCUT2D eigenvalue weighted by Gasteiger charge is -2.13. The Morgan fingerprint density at radius 1 is 0.765 bits per heavy atom. The van der Waals surface area contributed by atoms with E-state index in [1.807, 2.05) is 24.3 Å². The fourth-order valence-electron chi connectivity index (χ4n) is 1.90. The smallest absolute Gasteiger partial charge is 0.216 e. The lowest BCUT2D eigenvalue weighted by molar-refractivity contribution is 0.284. The largest absolute Gasteiger partial charge is 0.477 e. The van der Waals surface area contributed by atoms with Gasteiger partial charge < -0.3 is 9.47 Å². The lowest BCUT2D eigenvalue weighted by Crippen LogP contribution is -2.14. The van der Waals surface area contributed by atoms with Crippen LogP contribution in [0.25, 0.3) is 0 Å². The zero-order chi connectivity index (χ0) is 11.5. The SMILES string of the molecule is c1cc(C2=NCCO2)ccc1C1=NCCCO1. The molecule has 0 fully saturated rings. The van der Waals surface area contributed by atoms with Crippen molar-refractivity contribution in [1.82, 2.24) is 0 Å². The Morgan fingerprint density at radius 2 is 1.35 bits per heavy atom. The number of hydrogen-bond acceptors (Lipinski definition) is 4. The van der Waals surface area contributed by atoms with Crippen molar-refractivity contribution >= 4 is 11.8 Å². The van der Waals surface area contributed by atoms with E-state index in [9.17, 15) is 0 Å². The van der Waals surface area contributed by atoms with E-state index in [0.29, 0.717) is 6.61 Å². The minimum atomic E-state index is 0.687. The van der Waals surface area contributed by atoms with Gasteiger partial charge in [0.1, 0.15) is 6.61 Å². The first-order valence-corrected chi connectivity index (χ1v) is 5.89. The predicted molar refractivity (Wildman–Crippen MR) is 65.8 cm³/mol. The molecule has 4 heteroatoms. The van der Waals surface area contributed by atoms with Gasteiger partial charge in [0.2, 0.25) is 11.8 Å². The van der Waals surface area contributed by atoms with Crippen LogP contribution in [0.4, 0.5) is 0 Å². The first-order chi connectivity index (χ1) is 8.43. The van der Waals surface area contributed by atoms with Crippen molar-refractivity contribution in [3.8, 4) is 0 Å². The number of rotatable bonds is 2. The summed E-state index contributed by atoms with van der Waals surface area (Å²) in [5.74, 6) is 1.49. The molecular formula is C13H14N2O2. The van der Waals surface area contributed by atoms with Gasteiger partial charge in [-0.25, -0.2) is 4.99 Å². The van der Waals surface area contributed by atoms with Gasteiger partial charge in [0.25, 0.3) is 0 Å². The fourth-order valence-corrected chi connectivity index (χ4v) is 1.90. The highest BCUT2D eigenvalue weighted by atomic mass is 16.5. The highest BCUT2D eigenvalue weighted by Crippen LogP contribution is 2.12. The minimum absolute atomic E-state index is 0.687. The number of hydrogen-bond donors (Lipinski definition) is 0. The second-order valence-corrected chi connectivity index (χ2v) is 4.00. The van der Waals surface area contributed by atoms with Gasteiger partial charge in [-0.15, -0.1) is 0 Å². The molecule has 0 saturated heterocycles. The van der Waals surface area contributed by atoms with E-state index in [-0.39, 0.29) is 0 Å². The van der Waals surface area contributed by atoms with Gasteiger partial charge in [0.05, 0.1) is 13.2 Å². The second-order valence-electron chi connectivity index (χ2n) is 4.00. The van der Waals surface area contributed by atoms with Crippen LogP contribution in [0.15, 0.2) is 34.3 Å². The van der Waals surface area contributed by atoms with Crippen LogP contribution in [0.5, 0.6) is 0 Å². The topological polar surface area (TPSA) is 43.2 Å². The molecule has 2 aliphatic heterocycles. The average Bonchev–Trinajstić information content (AvgIpc) is 2.94. The van der Waals surface area contributed by atoms with E-state index in [0.717, 1.165) is 49.0 Å². The van der Waals surface area contributed by atoms with E-state index in [1.54, 1.807) is 0 Å². The minimum Gasteiger partial charge on any atom is -0.477 e. The monoisotopic (exact) mass is 230 g/mol. The summed E-state index contributed by atoms with van der Waals surface area (Å²) >= 11 is 0. The molecule has 0 atom stereocenters. The molecule has 0 aromatic heterocycles. The molecular weight excluding hydrogens is 216 g/mol. The van der Waals surface area contributed by atoms with Crippen LogP contribution >= 0.6 is 0 Å². The molecule has 0 radical (unpaired) electrons. The summed E-state index contributed by atoms with van der Waals surface area (Å²) in [6.45, 7) is 3.06. The van der Waals surface area contributed by atoms with E-state index >= 15 is 0 Å². The molecule has 0 aliphatic carbocycles. The lowest BCUT2D eigenvalue weighted by atomic mass is 10.1. The van der Waals surface area contributed by atoms with Crippen LogP contribution in [0.1, 0.15) is 17.5 Å². The molecule has 1 aromatic carbocycles. The number of nitrogens with zero attached hydrogens (tertiary/aromatic N) is 2. The van der Waals surface area contributed by atoms with Crippen LogP contribution < -0.4 is 0 Å². The zero-order valence-electron chi connectivity index (χ0n) is 9.56. The molecule has 0 amide bonds. The van der Waals surface area contributed by atoms with Crippen LogP contribution in [-0.4, -0.2) is 38.1 Å². The zero-order valence-corrected chi connectivity index (χ0v) is 9.56. The van der Waals surface area contributed by atoms with Crippen molar-refractivity contribution in [2.45, 2.75) is 6.42 Å². The molecule has 88 valence electrons. The van der Waals surface area contributed by atoms with Crippen molar-refractivity contribution in [3.63, 3.8) is 0 Å². The van der Waals surface area contributed by atoms with E-state index in [2.05, 4.69) is 9.98 Å². The van der Waals surface area contributed by atoms with Gasteiger partial charge in [-0.1, -0.05) is 0 Å². The maximum atomic E-state index is 5.52. The van der Waals surface area contributed by atoms with Gasteiger partial charge in [0, 0.05) is 24.1 Å². The van der Waals surface area contributed by atoms with Gasteiger partial charge in [-0.3, -0.25) is 4.99 Å². The number of ether oxygens (including phenoxy) is 2. The molecule has 0 unspecified atom stereocenters. The van der Waals surface area contributed by atoms with Gasteiger partial charge in [-0.2, -0.15) is 0 Å². The van der Waals surface area contributed by atoms with E-state index in [4.69, 9.17) is 9.47 Å². The first-order valence-electron chi connectivity index (χ1n) is 5.89. The van der Waals surface area contributed by atoms with Crippen molar-refractivity contribution in [1.29, 1.82) is 0 Å². The Balaban J connectivity index is 1.82. The Morgan fingerprint density at radius 3 is 1.82 bits per heavy atom. The molecule has 0 spiro atoms. The van der Waals surface area contributed by atoms with Crippen molar-refractivity contribution in [3.05, 3.63) is 35.4 Å². The summed E-state index contributed by atoms with van der Waals surface area (Å²) in [7, 11) is 0. The number of benzene rings is 1. The molecule has 2 heterocycles. The first kappa shape index (κ1) is 10.3. The average molecular weight is 230 g/mol. The van der Waals surface area contributed by atoms with Crippen LogP contribution in [0.2, 0.25) is 0 Å². The van der Waals surface area contributed by atoms with Gasteiger partial charge in [-0.05, 0) is 24.3 Å². The quantitative estimate of drug-likeness (QED) is 0.775. The van der Waals surface area contributed by atoms with Crippen molar-refractivity contribution < 1.29 is 9.47 Å². The van der Waals surface area contributed by atoms with E-state index < -0.39 is 0 Å². The molecule has 0 bridgehead atoms. The third-order valence-corrected chi connectivity index (χ3v) is 2.76. The van der Waals surface area contributed by atoms with Crippen LogP contribution in [0, 0.1) is 0 Å².